The number of benzene rings is 1. The van der Waals surface area contributed by atoms with Crippen LogP contribution in [-0.2, 0) is 17.6 Å². The van der Waals surface area contributed by atoms with Crippen molar-refractivity contribution >= 4 is 0 Å². The van der Waals surface area contributed by atoms with Gasteiger partial charge < -0.3 is 4.74 Å². The molecule has 1 heterocycles. The Hall–Kier alpha value is -0.820. The zero-order valence-corrected chi connectivity index (χ0v) is 16.5. The van der Waals surface area contributed by atoms with Gasteiger partial charge in [-0.15, -0.1) is 0 Å². The second-order valence-electron chi connectivity index (χ2n) is 8.61. The fourth-order valence-electron chi connectivity index (χ4n) is 4.90. The summed E-state index contributed by atoms with van der Waals surface area (Å²) in [4.78, 5) is 0. The molecule has 0 amide bonds. The predicted octanol–water partition coefficient (Wildman–Crippen LogP) is 6.58. The van der Waals surface area contributed by atoms with Gasteiger partial charge in [0.2, 0.25) is 0 Å². The van der Waals surface area contributed by atoms with Crippen LogP contribution in [0.3, 0.4) is 0 Å². The van der Waals surface area contributed by atoms with Gasteiger partial charge >= 0.3 is 0 Å². The third-order valence-electron chi connectivity index (χ3n) is 6.80. The van der Waals surface area contributed by atoms with E-state index in [1.807, 2.05) is 0 Å². The van der Waals surface area contributed by atoms with Gasteiger partial charge in [0.1, 0.15) is 0 Å². The van der Waals surface area contributed by atoms with Gasteiger partial charge in [0.25, 0.3) is 0 Å². The van der Waals surface area contributed by atoms with E-state index in [4.69, 9.17) is 4.74 Å². The third-order valence-corrected chi connectivity index (χ3v) is 6.80. The van der Waals surface area contributed by atoms with Gasteiger partial charge in [-0.05, 0) is 73.8 Å². The molecule has 0 N–H and O–H groups in total. The van der Waals surface area contributed by atoms with Crippen molar-refractivity contribution in [3.63, 3.8) is 0 Å². The molecule has 2 unspecified atom stereocenters. The lowest BCUT2D eigenvalue weighted by molar-refractivity contribution is -0.0586. The molecule has 0 spiro atoms. The van der Waals surface area contributed by atoms with Crippen LogP contribution >= 0.6 is 0 Å². The molecule has 2 aliphatic rings. The number of hydrogen-bond donors (Lipinski definition) is 0. The van der Waals surface area contributed by atoms with E-state index < -0.39 is 0 Å². The largest absolute Gasteiger partial charge is 0.378 e. The van der Waals surface area contributed by atoms with E-state index in [9.17, 15) is 0 Å². The van der Waals surface area contributed by atoms with E-state index in [0.717, 1.165) is 24.4 Å². The van der Waals surface area contributed by atoms with E-state index >= 15 is 0 Å². The van der Waals surface area contributed by atoms with Crippen LogP contribution < -0.4 is 0 Å². The van der Waals surface area contributed by atoms with Crippen molar-refractivity contribution in [1.29, 1.82) is 0 Å². The molecule has 0 aromatic heterocycles. The first kappa shape index (κ1) is 19.0. The first-order valence-electron chi connectivity index (χ1n) is 11.0. The average molecular weight is 343 g/mol. The Kier molecular flexibility index (Phi) is 7.40. The fourth-order valence-corrected chi connectivity index (χ4v) is 4.90. The van der Waals surface area contributed by atoms with Gasteiger partial charge in [0.05, 0.1) is 6.10 Å². The molecule has 1 aliphatic carbocycles. The Balaban J connectivity index is 1.36. The maximum absolute atomic E-state index is 6.22. The Morgan fingerprint density at radius 1 is 0.800 bits per heavy atom. The standard InChI is InChI=1S/C24H38O/c1-3-5-20-6-8-21(9-7-20)10-11-22-12-15-23(16-13-22)24-17-14-19(4-2)18-25-24/h6-9,19,22-24H,3-5,10-18H2,1-2H3. The monoisotopic (exact) mass is 342 g/mol. The quantitative estimate of drug-likeness (QED) is 0.543. The van der Waals surface area contributed by atoms with Crippen LogP contribution in [0.4, 0.5) is 0 Å². The summed E-state index contributed by atoms with van der Waals surface area (Å²) in [5, 5.41) is 0. The van der Waals surface area contributed by atoms with Gasteiger partial charge in [-0.3, -0.25) is 0 Å². The summed E-state index contributed by atoms with van der Waals surface area (Å²) in [6.07, 6.45) is 15.3. The van der Waals surface area contributed by atoms with Crippen LogP contribution in [0.25, 0.3) is 0 Å². The highest BCUT2D eigenvalue weighted by Crippen LogP contribution is 2.37. The minimum Gasteiger partial charge on any atom is -0.378 e. The summed E-state index contributed by atoms with van der Waals surface area (Å²) in [6, 6.07) is 9.38. The minimum atomic E-state index is 0.579. The maximum Gasteiger partial charge on any atom is 0.0603 e. The molecular formula is C24H38O. The molecule has 2 atom stereocenters. The molecule has 1 aromatic rings. The third kappa shape index (κ3) is 5.58. The smallest absolute Gasteiger partial charge is 0.0603 e. The van der Waals surface area contributed by atoms with Crippen LogP contribution in [0.5, 0.6) is 0 Å². The number of hydrogen-bond acceptors (Lipinski definition) is 1. The maximum atomic E-state index is 6.22. The first-order chi connectivity index (χ1) is 12.3. The highest BCUT2D eigenvalue weighted by Gasteiger charge is 2.31. The van der Waals surface area contributed by atoms with Gasteiger partial charge in [0.15, 0.2) is 0 Å². The second kappa shape index (κ2) is 9.76. The summed E-state index contributed by atoms with van der Waals surface area (Å²) in [5.74, 6) is 2.62. The molecule has 1 saturated carbocycles. The molecule has 25 heavy (non-hydrogen) atoms. The van der Waals surface area contributed by atoms with Crippen LogP contribution in [0.15, 0.2) is 24.3 Å². The summed E-state index contributed by atoms with van der Waals surface area (Å²) in [7, 11) is 0. The number of aryl methyl sites for hydroxylation is 2. The van der Waals surface area contributed by atoms with Crippen molar-refractivity contribution in [2.24, 2.45) is 17.8 Å². The van der Waals surface area contributed by atoms with Gasteiger partial charge in [0, 0.05) is 6.61 Å². The molecule has 140 valence electrons. The SMILES string of the molecule is CCCc1ccc(CCC2CCC(C3CCC(CC)CO3)CC2)cc1. The van der Waals surface area contributed by atoms with Crippen molar-refractivity contribution in [2.45, 2.75) is 90.6 Å². The highest BCUT2D eigenvalue weighted by molar-refractivity contribution is 5.22. The van der Waals surface area contributed by atoms with E-state index in [0.29, 0.717) is 6.10 Å². The summed E-state index contributed by atoms with van der Waals surface area (Å²) in [6.45, 7) is 5.58. The summed E-state index contributed by atoms with van der Waals surface area (Å²) >= 11 is 0. The van der Waals surface area contributed by atoms with Crippen LogP contribution in [-0.4, -0.2) is 12.7 Å². The Labute approximate surface area is 155 Å². The second-order valence-corrected chi connectivity index (χ2v) is 8.61. The van der Waals surface area contributed by atoms with Crippen molar-refractivity contribution in [3.8, 4) is 0 Å². The summed E-state index contributed by atoms with van der Waals surface area (Å²) in [5.41, 5.74) is 3.02. The predicted molar refractivity (Wildman–Crippen MR) is 107 cm³/mol. The normalized spacial score (nSPS) is 30.3. The molecule has 1 nitrogen and oxygen atoms in total. The Bertz CT molecular complexity index is 475. The van der Waals surface area contributed by atoms with E-state index in [1.165, 1.54) is 81.8 Å². The summed E-state index contributed by atoms with van der Waals surface area (Å²) < 4.78 is 6.22. The highest BCUT2D eigenvalue weighted by atomic mass is 16.5. The molecule has 0 radical (unpaired) electrons. The Morgan fingerprint density at radius 3 is 2.00 bits per heavy atom. The molecule has 1 heteroatoms. The molecule has 3 rings (SSSR count). The fraction of sp³-hybridized carbons (Fsp3) is 0.750. The first-order valence-corrected chi connectivity index (χ1v) is 11.0. The molecule has 1 saturated heterocycles. The van der Waals surface area contributed by atoms with Gasteiger partial charge in [-0.2, -0.15) is 0 Å². The van der Waals surface area contributed by atoms with Gasteiger partial charge in [-0.25, -0.2) is 0 Å². The van der Waals surface area contributed by atoms with Crippen molar-refractivity contribution in [1.82, 2.24) is 0 Å². The van der Waals surface area contributed by atoms with Gasteiger partial charge in [-0.1, -0.05) is 63.8 Å². The van der Waals surface area contributed by atoms with Crippen molar-refractivity contribution in [2.75, 3.05) is 6.61 Å². The number of ether oxygens (including phenoxy) is 1. The molecule has 1 aromatic carbocycles. The van der Waals surface area contributed by atoms with E-state index in [1.54, 1.807) is 0 Å². The topological polar surface area (TPSA) is 9.23 Å². The average Bonchev–Trinajstić information content (AvgIpc) is 2.68. The zero-order chi connectivity index (χ0) is 17.5. The lowest BCUT2D eigenvalue weighted by atomic mass is 9.75. The number of rotatable bonds is 7. The molecule has 0 bridgehead atoms. The van der Waals surface area contributed by atoms with E-state index in [-0.39, 0.29) is 0 Å². The lowest BCUT2D eigenvalue weighted by Gasteiger charge is -2.37. The van der Waals surface area contributed by atoms with E-state index in [2.05, 4.69) is 38.1 Å². The molecular weight excluding hydrogens is 304 g/mol. The lowest BCUT2D eigenvalue weighted by Crippen LogP contribution is -2.34. The molecule has 1 aliphatic heterocycles. The van der Waals surface area contributed by atoms with Crippen LogP contribution in [0, 0.1) is 17.8 Å². The van der Waals surface area contributed by atoms with Crippen molar-refractivity contribution < 1.29 is 4.74 Å². The van der Waals surface area contributed by atoms with Crippen molar-refractivity contribution in [3.05, 3.63) is 35.4 Å². The van der Waals surface area contributed by atoms with Crippen LogP contribution in [0.1, 0.15) is 82.8 Å². The molecule has 2 fully saturated rings. The zero-order valence-electron chi connectivity index (χ0n) is 16.5. The van der Waals surface area contributed by atoms with Crippen LogP contribution in [0.2, 0.25) is 0 Å². The minimum absolute atomic E-state index is 0.579. The Morgan fingerprint density at radius 2 is 1.44 bits per heavy atom.